The first-order valence-electron chi connectivity index (χ1n) is 11.3. The molecular formula is C25H21F2N5O2S. The topological polar surface area (TPSA) is 72.6 Å². The second kappa shape index (κ2) is 8.92. The Balaban J connectivity index is 1.39. The van der Waals surface area contributed by atoms with Crippen LogP contribution in [-0.4, -0.2) is 56.3 Å². The number of halogens is 2. The molecule has 1 aromatic carbocycles. The number of alkyl halides is 2. The average Bonchev–Trinajstić information content (AvgIpc) is 3.42. The molecule has 0 saturated carbocycles. The molecule has 4 heterocycles. The maximum Gasteiger partial charge on any atom is 0.387 e. The number of anilines is 1. The minimum atomic E-state index is -2.95. The largest absolute Gasteiger partial charge is 0.435 e. The normalized spacial score (nSPS) is 17.9. The van der Waals surface area contributed by atoms with E-state index in [1.807, 2.05) is 34.5 Å². The first kappa shape index (κ1) is 22.0. The summed E-state index contributed by atoms with van der Waals surface area (Å²) in [5.41, 5.74) is 3.92. The first-order valence-corrected chi connectivity index (χ1v) is 12.5. The van der Waals surface area contributed by atoms with Gasteiger partial charge in [0.2, 0.25) is 5.95 Å². The Bertz CT molecular complexity index is 1400. The maximum absolute atomic E-state index is 13.0. The van der Waals surface area contributed by atoms with Crippen LogP contribution in [0.5, 0.6) is 5.75 Å². The summed E-state index contributed by atoms with van der Waals surface area (Å²) in [4.78, 5) is 28.7. The Morgan fingerprint density at radius 1 is 1.03 bits per heavy atom. The van der Waals surface area contributed by atoms with Crippen LogP contribution in [0.3, 0.4) is 0 Å². The summed E-state index contributed by atoms with van der Waals surface area (Å²) in [5.74, 6) is 2.37. The molecule has 6 rings (SSSR count). The van der Waals surface area contributed by atoms with Gasteiger partial charge in [-0.2, -0.15) is 20.5 Å². The number of thioether (sulfide) groups is 1. The summed E-state index contributed by atoms with van der Waals surface area (Å²) in [6, 6.07) is 10.4. The predicted octanol–water partition coefficient (Wildman–Crippen LogP) is 4.66. The summed E-state index contributed by atoms with van der Waals surface area (Å²) in [6.45, 7) is -1.08. The molecule has 4 aromatic rings. The van der Waals surface area contributed by atoms with E-state index in [0.29, 0.717) is 22.6 Å². The van der Waals surface area contributed by atoms with Crippen molar-refractivity contribution in [2.24, 2.45) is 0 Å². The second-order valence-corrected chi connectivity index (χ2v) is 9.68. The van der Waals surface area contributed by atoms with E-state index in [2.05, 4.69) is 19.9 Å². The van der Waals surface area contributed by atoms with Crippen LogP contribution < -0.4 is 9.64 Å². The molecule has 178 valence electrons. The van der Waals surface area contributed by atoms with Crippen LogP contribution in [0.2, 0.25) is 0 Å². The number of benzene rings is 1. The van der Waals surface area contributed by atoms with Crippen molar-refractivity contribution < 1.29 is 18.3 Å². The molecule has 2 aliphatic rings. The monoisotopic (exact) mass is 493 g/mol. The number of aromatic nitrogens is 4. The van der Waals surface area contributed by atoms with E-state index in [1.165, 1.54) is 6.07 Å². The maximum atomic E-state index is 13.0. The van der Waals surface area contributed by atoms with Gasteiger partial charge in [0.1, 0.15) is 17.1 Å². The Kier molecular flexibility index (Phi) is 5.60. The lowest BCUT2D eigenvalue weighted by Gasteiger charge is -2.26. The number of nitrogens with zero attached hydrogens (tertiary/aromatic N) is 5. The standard InChI is InChI=1S/C25H21F2N5O2S/c26-24(27)34-20-4-2-1-3-17(20)18-11-19(33)22-23(18)32-14-15(5-6-21(32)30-22)16-12-28-25(29-13-16)31-7-9-35-10-8-31/h1-6,12-14,18,24H,7-11H2. The van der Waals surface area contributed by atoms with Crippen molar-refractivity contribution in [3.8, 4) is 16.9 Å². The zero-order valence-electron chi connectivity index (χ0n) is 18.6. The van der Waals surface area contributed by atoms with Gasteiger partial charge in [-0.05, 0) is 18.2 Å². The molecule has 1 aliphatic carbocycles. The van der Waals surface area contributed by atoms with Gasteiger partial charge in [-0.15, -0.1) is 0 Å². The van der Waals surface area contributed by atoms with E-state index in [1.54, 1.807) is 30.6 Å². The summed E-state index contributed by atoms with van der Waals surface area (Å²) < 4.78 is 32.7. The molecule has 1 fully saturated rings. The molecule has 10 heteroatoms. The van der Waals surface area contributed by atoms with E-state index >= 15 is 0 Å². The number of Topliss-reactive ketones (excluding diaryl/α,β-unsaturated/α-hetero) is 1. The van der Waals surface area contributed by atoms with Crippen LogP contribution in [0, 0.1) is 0 Å². The highest BCUT2D eigenvalue weighted by Gasteiger charge is 2.37. The van der Waals surface area contributed by atoms with E-state index in [-0.39, 0.29) is 18.0 Å². The summed E-state index contributed by atoms with van der Waals surface area (Å²) in [6.07, 6.45) is 5.66. The number of ketones is 1. The van der Waals surface area contributed by atoms with Crippen molar-refractivity contribution in [2.75, 3.05) is 29.5 Å². The van der Waals surface area contributed by atoms with Gasteiger partial charge >= 0.3 is 6.61 Å². The van der Waals surface area contributed by atoms with Crippen LogP contribution >= 0.6 is 11.8 Å². The molecule has 7 nitrogen and oxygen atoms in total. The van der Waals surface area contributed by atoms with Crippen LogP contribution in [0.4, 0.5) is 14.7 Å². The number of fused-ring (bicyclic) bond motifs is 3. The number of imidazole rings is 1. The van der Waals surface area contributed by atoms with E-state index in [4.69, 9.17) is 4.74 Å². The summed E-state index contributed by atoms with van der Waals surface area (Å²) in [7, 11) is 0. The highest BCUT2D eigenvalue weighted by molar-refractivity contribution is 7.99. The predicted molar refractivity (Wildman–Crippen MR) is 130 cm³/mol. The van der Waals surface area contributed by atoms with Gasteiger partial charge in [-0.25, -0.2) is 15.0 Å². The zero-order chi connectivity index (χ0) is 23.9. The van der Waals surface area contributed by atoms with Crippen molar-refractivity contribution in [3.63, 3.8) is 0 Å². The summed E-state index contributed by atoms with van der Waals surface area (Å²) in [5, 5.41) is 0. The fourth-order valence-electron chi connectivity index (χ4n) is 4.78. The number of pyridine rings is 1. The fourth-order valence-corrected chi connectivity index (χ4v) is 5.68. The number of carbonyl (C=O) groups is 1. The molecule has 0 radical (unpaired) electrons. The van der Waals surface area contributed by atoms with E-state index in [9.17, 15) is 13.6 Å². The Hall–Kier alpha value is -3.53. The minimum Gasteiger partial charge on any atom is -0.435 e. The molecule has 0 bridgehead atoms. The third-order valence-electron chi connectivity index (χ3n) is 6.42. The number of rotatable bonds is 5. The average molecular weight is 494 g/mol. The number of ether oxygens (including phenoxy) is 1. The Morgan fingerprint density at radius 2 is 1.80 bits per heavy atom. The molecule has 1 saturated heterocycles. The van der Waals surface area contributed by atoms with Crippen molar-refractivity contribution in [1.82, 2.24) is 19.4 Å². The minimum absolute atomic E-state index is 0.0688. The van der Waals surface area contributed by atoms with Gasteiger partial charge in [0.25, 0.3) is 0 Å². The van der Waals surface area contributed by atoms with Crippen molar-refractivity contribution >= 4 is 29.1 Å². The van der Waals surface area contributed by atoms with Crippen LogP contribution in [0.15, 0.2) is 55.0 Å². The lowest BCUT2D eigenvalue weighted by molar-refractivity contribution is -0.0505. The summed E-state index contributed by atoms with van der Waals surface area (Å²) >= 11 is 1.93. The van der Waals surface area contributed by atoms with Crippen molar-refractivity contribution in [2.45, 2.75) is 19.0 Å². The SMILES string of the molecule is O=C1CC(c2ccccc2OC(F)F)c2c1nc1ccc(-c3cnc(N4CCSCC4)nc3)cn21. The number of hydrogen-bond acceptors (Lipinski definition) is 7. The third kappa shape index (κ3) is 4.01. The van der Waals surface area contributed by atoms with Gasteiger partial charge in [0.05, 0.1) is 5.69 Å². The highest BCUT2D eigenvalue weighted by Crippen LogP contribution is 2.42. The van der Waals surface area contributed by atoms with Gasteiger partial charge in [0.15, 0.2) is 5.78 Å². The lowest BCUT2D eigenvalue weighted by Crippen LogP contribution is -2.33. The van der Waals surface area contributed by atoms with Gasteiger partial charge in [-0.3, -0.25) is 4.79 Å². The van der Waals surface area contributed by atoms with Crippen molar-refractivity contribution in [1.29, 1.82) is 0 Å². The molecule has 3 aromatic heterocycles. The fraction of sp³-hybridized carbons (Fsp3) is 0.280. The molecule has 1 unspecified atom stereocenters. The number of hydrogen-bond donors (Lipinski definition) is 0. The molecule has 1 aliphatic heterocycles. The van der Waals surface area contributed by atoms with Crippen LogP contribution in [0.25, 0.3) is 16.8 Å². The second-order valence-electron chi connectivity index (χ2n) is 8.46. The molecule has 0 amide bonds. The number of carbonyl (C=O) groups excluding carboxylic acids is 1. The molecule has 0 spiro atoms. The highest BCUT2D eigenvalue weighted by atomic mass is 32.2. The van der Waals surface area contributed by atoms with Gasteiger partial charge < -0.3 is 14.0 Å². The van der Waals surface area contributed by atoms with Crippen molar-refractivity contribution in [3.05, 3.63) is 71.9 Å². The molecule has 35 heavy (non-hydrogen) atoms. The van der Waals surface area contributed by atoms with Gasteiger partial charge in [-0.1, -0.05) is 18.2 Å². The van der Waals surface area contributed by atoms with E-state index in [0.717, 1.165) is 41.7 Å². The first-order chi connectivity index (χ1) is 17.1. The number of para-hydroxylation sites is 1. The molecule has 1 atom stereocenters. The molecular weight excluding hydrogens is 472 g/mol. The van der Waals surface area contributed by atoms with Gasteiger partial charge in [0, 0.05) is 72.2 Å². The quantitative estimate of drug-likeness (QED) is 0.400. The lowest BCUT2D eigenvalue weighted by atomic mass is 9.95. The van der Waals surface area contributed by atoms with Crippen LogP contribution in [0.1, 0.15) is 34.1 Å². The smallest absolute Gasteiger partial charge is 0.387 e. The Labute approximate surface area is 204 Å². The zero-order valence-corrected chi connectivity index (χ0v) is 19.4. The Morgan fingerprint density at radius 3 is 2.57 bits per heavy atom. The van der Waals surface area contributed by atoms with Crippen LogP contribution in [-0.2, 0) is 0 Å². The van der Waals surface area contributed by atoms with E-state index < -0.39 is 12.5 Å². The molecule has 0 N–H and O–H groups in total. The third-order valence-corrected chi connectivity index (χ3v) is 7.36.